The van der Waals surface area contributed by atoms with Crippen molar-refractivity contribution in [3.63, 3.8) is 0 Å². The molecule has 0 atom stereocenters. The number of benzene rings is 2. The van der Waals surface area contributed by atoms with Crippen LogP contribution < -0.4 is 0 Å². The van der Waals surface area contributed by atoms with E-state index in [9.17, 15) is 4.39 Å². The molecular weight excluding hydrogens is 227 g/mol. The van der Waals surface area contributed by atoms with Crippen molar-refractivity contribution < 1.29 is 9.50 Å². The molecule has 0 aliphatic rings. The number of halogens is 2. The number of aryl methyl sites for hydroxylation is 1. The maximum absolute atomic E-state index is 13.6. The molecule has 0 spiro atoms. The summed E-state index contributed by atoms with van der Waals surface area (Å²) in [5, 5.41) is 9.76. The fourth-order valence-electron chi connectivity index (χ4n) is 1.65. The van der Waals surface area contributed by atoms with Crippen LogP contribution in [0.2, 0.25) is 5.02 Å². The molecule has 0 bridgehead atoms. The van der Waals surface area contributed by atoms with Gasteiger partial charge in [0.25, 0.3) is 0 Å². The van der Waals surface area contributed by atoms with E-state index >= 15 is 0 Å². The normalized spacial score (nSPS) is 10.4. The Morgan fingerprint density at radius 2 is 1.75 bits per heavy atom. The van der Waals surface area contributed by atoms with Crippen LogP contribution in [0.15, 0.2) is 36.4 Å². The van der Waals surface area contributed by atoms with Crippen LogP contribution in [-0.2, 0) is 0 Å². The molecule has 0 unspecified atom stereocenters. The topological polar surface area (TPSA) is 20.2 Å². The second kappa shape index (κ2) is 4.14. The van der Waals surface area contributed by atoms with Crippen molar-refractivity contribution in [1.29, 1.82) is 0 Å². The largest absolute Gasteiger partial charge is 0.508 e. The van der Waals surface area contributed by atoms with E-state index < -0.39 is 5.82 Å². The summed E-state index contributed by atoms with van der Waals surface area (Å²) in [5.74, 6) is -0.515. The monoisotopic (exact) mass is 236 g/mol. The number of phenols is 1. The highest BCUT2D eigenvalue weighted by atomic mass is 35.5. The summed E-state index contributed by atoms with van der Waals surface area (Å²) < 4.78 is 13.6. The molecule has 0 aliphatic heterocycles. The zero-order valence-electron chi connectivity index (χ0n) is 8.67. The first kappa shape index (κ1) is 11.0. The van der Waals surface area contributed by atoms with Gasteiger partial charge in [-0.05, 0) is 42.3 Å². The fourth-order valence-corrected chi connectivity index (χ4v) is 1.88. The molecule has 3 heteroatoms. The van der Waals surface area contributed by atoms with Crippen molar-refractivity contribution >= 4 is 11.6 Å². The van der Waals surface area contributed by atoms with E-state index in [1.165, 1.54) is 6.07 Å². The molecule has 0 saturated carbocycles. The van der Waals surface area contributed by atoms with E-state index in [-0.39, 0.29) is 5.75 Å². The van der Waals surface area contributed by atoms with Crippen LogP contribution >= 0.6 is 11.6 Å². The van der Waals surface area contributed by atoms with Gasteiger partial charge in [0.1, 0.15) is 11.6 Å². The van der Waals surface area contributed by atoms with Crippen molar-refractivity contribution in [2.75, 3.05) is 0 Å². The number of aromatic hydroxyl groups is 1. The van der Waals surface area contributed by atoms with E-state index in [2.05, 4.69) is 0 Å². The van der Waals surface area contributed by atoms with E-state index in [4.69, 9.17) is 16.7 Å². The van der Waals surface area contributed by atoms with E-state index in [0.717, 1.165) is 17.2 Å². The Bertz CT molecular complexity index is 488. The number of rotatable bonds is 1. The minimum absolute atomic E-state index is 0.0760. The highest BCUT2D eigenvalue weighted by Gasteiger charge is 2.08. The average Bonchev–Trinajstić information content (AvgIpc) is 2.19. The van der Waals surface area contributed by atoms with Crippen LogP contribution in [0, 0.1) is 12.7 Å². The Morgan fingerprint density at radius 3 is 2.38 bits per heavy atom. The van der Waals surface area contributed by atoms with Crippen molar-refractivity contribution in [2.24, 2.45) is 0 Å². The molecule has 0 aromatic heterocycles. The van der Waals surface area contributed by atoms with Gasteiger partial charge in [-0.3, -0.25) is 0 Å². The predicted molar refractivity (Wildman–Crippen MR) is 63.2 cm³/mol. The van der Waals surface area contributed by atoms with E-state index in [1.54, 1.807) is 24.3 Å². The average molecular weight is 237 g/mol. The molecule has 1 nitrogen and oxygen atoms in total. The van der Waals surface area contributed by atoms with Gasteiger partial charge in [-0.15, -0.1) is 0 Å². The Morgan fingerprint density at radius 1 is 1.06 bits per heavy atom. The van der Waals surface area contributed by atoms with Crippen LogP contribution in [0.25, 0.3) is 11.1 Å². The minimum atomic E-state index is -0.439. The van der Waals surface area contributed by atoms with Crippen LogP contribution in [0.5, 0.6) is 5.75 Å². The van der Waals surface area contributed by atoms with E-state index in [0.29, 0.717) is 10.6 Å². The molecular formula is C13H10ClFO. The quantitative estimate of drug-likeness (QED) is 0.788. The number of hydrogen-bond acceptors (Lipinski definition) is 1. The first-order valence-corrected chi connectivity index (χ1v) is 5.21. The van der Waals surface area contributed by atoms with Gasteiger partial charge >= 0.3 is 0 Å². The third-order valence-corrected chi connectivity index (χ3v) is 2.67. The molecule has 2 rings (SSSR count). The highest BCUT2D eigenvalue weighted by molar-refractivity contribution is 6.30. The molecule has 0 radical (unpaired) electrons. The molecule has 16 heavy (non-hydrogen) atoms. The highest BCUT2D eigenvalue weighted by Crippen LogP contribution is 2.29. The zero-order valence-corrected chi connectivity index (χ0v) is 9.42. The second-order valence-electron chi connectivity index (χ2n) is 3.62. The van der Waals surface area contributed by atoms with Crippen molar-refractivity contribution in [3.05, 3.63) is 52.8 Å². The summed E-state index contributed by atoms with van der Waals surface area (Å²) in [5.41, 5.74) is 2.14. The lowest BCUT2D eigenvalue weighted by Crippen LogP contribution is -1.87. The smallest absolute Gasteiger partial charge is 0.134 e. The fraction of sp³-hybridized carbons (Fsp3) is 0.0769. The Labute approximate surface area is 98.1 Å². The van der Waals surface area contributed by atoms with E-state index in [1.807, 2.05) is 6.92 Å². The summed E-state index contributed by atoms with van der Waals surface area (Å²) in [6.07, 6.45) is 0. The SMILES string of the molecule is Cc1cc(Cl)ccc1-c1ccc(O)cc1F. The molecule has 82 valence electrons. The zero-order chi connectivity index (χ0) is 11.7. The van der Waals surface area contributed by atoms with Crippen LogP contribution in [0.1, 0.15) is 5.56 Å². The molecule has 0 fully saturated rings. The third kappa shape index (κ3) is 2.02. The predicted octanol–water partition coefficient (Wildman–Crippen LogP) is 4.16. The van der Waals surface area contributed by atoms with Gasteiger partial charge in [-0.2, -0.15) is 0 Å². The number of hydrogen-bond donors (Lipinski definition) is 1. The molecule has 2 aromatic carbocycles. The van der Waals surface area contributed by atoms with Gasteiger partial charge < -0.3 is 5.11 Å². The van der Waals surface area contributed by atoms with Gasteiger partial charge in [0.15, 0.2) is 0 Å². The minimum Gasteiger partial charge on any atom is -0.508 e. The lowest BCUT2D eigenvalue weighted by molar-refractivity contribution is 0.469. The third-order valence-electron chi connectivity index (χ3n) is 2.43. The summed E-state index contributed by atoms with van der Waals surface area (Å²) in [6, 6.07) is 9.39. The lowest BCUT2D eigenvalue weighted by atomic mass is 10.00. The molecule has 0 amide bonds. The maximum Gasteiger partial charge on any atom is 0.134 e. The Kier molecular flexibility index (Phi) is 2.84. The van der Waals surface area contributed by atoms with Crippen molar-refractivity contribution in [1.82, 2.24) is 0 Å². The van der Waals surface area contributed by atoms with Crippen LogP contribution in [0.3, 0.4) is 0 Å². The van der Waals surface area contributed by atoms with Crippen molar-refractivity contribution in [3.8, 4) is 16.9 Å². The van der Waals surface area contributed by atoms with Gasteiger partial charge in [-0.1, -0.05) is 17.7 Å². The first-order chi connectivity index (χ1) is 7.58. The molecule has 0 saturated heterocycles. The van der Waals surface area contributed by atoms with Gasteiger partial charge in [0, 0.05) is 16.7 Å². The van der Waals surface area contributed by atoms with Gasteiger partial charge in [-0.25, -0.2) is 4.39 Å². The summed E-state index contributed by atoms with van der Waals surface area (Å²) in [6.45, 7) is 1.87. The lowest BCUT2D eigenvalue weighted by Gasteiger charge is -2.07. The molecule has 0 heterocycles. The van der Waals surface area contributed by atoms with Gasteiger partial charge in [0.2, 0.25) is 0 Å². The van der Waals surface area contributed by atoms with Crippen molar-refractivity contribution in [2.45, 2.75) is 6.92 Å². The van der Waals surface area contributed by atoms with Crippen LogP contribution in [-0.4, -0.2) is 5.11 Å². The van der Waals surface area contributed by atoms with Crippen LogP contribution in [0.4, 0.5) is 4.39 Å². The molecule has 1 N–H and O–H groups in total. The Balaban J connectivity index is 2.59. The summed E-state index contributed by atoms with van der Waals surface area (Å²) in [4.78, 5) is 0. The number of phenolic OH excluding ortho intramolecular Hbond substituents is 1. The summed E-state index contributed by atoms with van der Waals surface area (Å²) >= 11 is 5.84. The molecule has 0 aliphatic carbocycles. The Hall–Kier alpha value is -1.54. The standard InChI is InChI=1S/C13H10ClFO/c1-8-6-9(14)2-4-11(8)12-5-3-10(16)7-13(12)15/h2-7,16H,1H3. The molecule has 2 aromatic rings. The summed E-state index contributed by atoms with van der Waals surface area (Å²) in [7, 11) is 0. The first-order valence-electron chi connectivity index (χ1n) is 4.83. The van der Waals surface area contributed by atoms with Gasteiger partial charge in [0.05, 0.1) is 0 Å². The second-order valence-corrected chi connectivity index (χ2v) is 4.06. The maximum atomic E-state index is 13.6.